The predicted octanol–water partition coefficient (Wildman–Crippen LogP) is -5.73. The Kier molecular flexibility index (Phi) is 30.4. The number of aromatic amines is 1. The van der Waals surface area contributed by atoms with Crippen molar-refractivity contribution in [1.29, 1.82) is 0 Å². The fourth-order valence-electron chi connectivity index (χ4n) is 9.22. The maximum absolute atomic E-state index is 14.3. The first-order chi connectivity index (χ1) is 42.4. The number of amides is 12. The molecule has 0 bridgehead atoms. The van der Waals surface area contributed by atoms with E-state index in [9.17, 15) is 92.3 Å². The maximum Gasteiger partial charge on any atom is 0.303 e. The molecule has 0 spiro atoms. The van der Waals surface area contributed by atoms with Gasteiger partial charge >= 0.3 is 11.9 Å². The number of nitrogens with one attached hydrogen (secondary N) is 11. The molecule has 1 aliphatic rings. The number of phenols is 1. The van der Waals surface area contributed by atoms with Gasteiger partial charge in [0, 0.05) is 51.0 Å². The second kappa shape index (κ2) is 36.6. The largest absolute Gasteiger partial charge is 0.508 e. The van der Waals surface area contributed by atoms with Gasteiger partial charge in [0.2, 0.25) is 70.8 Å². The number of likely N-dealkylation sites (tertiary alicyclic amines) is 1. The van der Waals surface area contributed by atoms with Gasteiger partial charge in [0.1, 0.15) is 60.1 Å². The lowest BCUT2D eigenvalue weighted by molar-refractivity contribution is -0.144. The Morgan fingerprint density at radius 2 is 1.13 bits per heavy atom. The van der Waals surface area contributed by atoms with E-state index in [0.717, 1.165) is 6.92 Å². The molecule has 1 fully saturated rings. The van der Waals surface area contributed by atoms with Crippen LogP contribution < -0.4 is 58.9 Å². The summed E-state index contributed by atoms with van der Waals surface area (Å²) >= 11 is 0. The van der Waals surface area contributed by atoms with Crippen molar-refractivity contribution in [2.24, 2.45) is 17.6 Å². The molecule has 1 aliphatic heterocycles. The number of aliphatic carboxylic acids is 2. The first-order valence-corrected chi connectivity index (χ1v) is 28.9. The van der Waals surface area contributed by atoms with Crippen LogP contribution in [0.3, 0.4) is 0 Å². The fraction of sp³-hybridized carbons (Fsp3) is 0.571. The number of hydrogen-bond acceptors (Lipinski definition) is 19. The highest BCUT2D eigenvalue weighted by atomic mass is 16.4. The smallest absolute Gasteiger partial charge is 0.303 e. The summed E-state index contributed by atoms with van der Waals surface area (Å²) in [6.07, 6.45) is 0.496. The molecule has 18 N–H and O–H groups in total. The number of hydrogen-bond donors (Lipinski definition) is 17. The molecule has 10 atom stereocenters. The van der Waals surface area contributed by atoms with Gasteiger partial charge in [-0.25, -0.2) is 4.98 Å². The normalized spacial score (nSPS) is 15.8. The summed E-state index contributed by atoms with van der Waals surface area (Å²) in [5.41, 5.74) is 5.99. The van der Waals surface area contributed by atoms with Crippen LogP contribution in [0.5, 0.6) is 5.75 Å². The third-order valence-electron chi connectivity index (χ3n) is 14.1. The molecule has 0 aliphatic carbocycles. The number of aromatic nitrogens is 2. The molecule has 34 heteroatoms. The lowest BCUT2D eigenvalue weighted by atomic mass is 9.98. The zero-order chi connectivity index (χ0) is 67.5. The summed E-state index contributed by atoms with van der Waals surface area (Å²) < 4.78 is 0. The van der Waals surface area contributed by atoms with Gasteiger partial charge < -0.3 is 94.3 Å². The van der Waals surface area contributed by atoms with Crippen molar-refractivity contribution >= 4 is 88.6 Å². The van der Waals surface area contributed by atoms with Crippen LogP contribution >= 0.6 is 0 Å². The van der Waals surface area contributed by atoms with Gasteiger partial charge in [0.05, 0.1) is 32.1 Å². The number of nitrogens with two attached hydrogens (primary N) is 1. The molecule has 12 amide bonds. The van der Waals surface area contributed by atoms with Crippen molar-refractivity contribution in [3.63, 3.8) is 0 Å². The standard InChI is InChI=1S/C56H82N14O20/c1-7-9-33(63-53(87)40-10-8-19-70(40)56(90)45(28(4)5)69-54(88)44(27(2)3)68-49(83)35(16-18-43(78)79)64-48(82)34(61-29(6)73)15-17-42(76)77)46(80)55(89)59-23-41(75)62-39(25-72)52(86)66-37(21-31-22-58-26-60-31)51(85)65-36(20-30-11-13-32(74)14-12-30)50(84)67-38(24-71)47(57)81/h11-14,22,26-28,33-40,44-45,71-72,74H,7-10,15-21,23-25H2,1-6H3,(H2,57,81)(H,58,60)(H,59,89)(H,61,73)(H,62,75)(H,63,87)(H,64,82)(H,65,85)(H,66,86)(H,67,84)(H,68,83)(H,69,88)(H,76,77)(H,78,79)/t33-,34-,35-,36-,37+,38-,39+,40?,44-,45-/m0/s1. The van der Waals surface area contributed by atoms with E-state index in [0.29, 0.717) is 11.3 Å². The Morgan fingerprint density at radius 1 is 0.622 bits per heavy atom. The highest BCUT2D eigenvalue weighted by molar-refractivity contribution is 6.38. The molecule has 2 aromatic rings. The van der Waals surface area contributed by atoms with Gasteiger partial charge in [-0.2, -0.15) is 0 Å². The summed E-state index contributed by atoms with van der Waals surface area (Å²) in [6.45, 7) is 6.09. The van der Waals surface area contributed by atoms with Gasteiger partial charge in [-0.05, 0) is 61.6 Å². The molecule has 2 heterocycles. The number of Topliss-reactive ketones (excluding diaryl/α,β-unsaturated/α-hetero) is 1. The molecule has 1 aromatic carbocycles. The average Bonchev–Trinajstić information content (AvgIpc) is 2.23. The number of carbonyl (C=O) groups excluding carboxylic acids is 13. The quantitative estimate of drug-likeness (QED) is 0.0279. The highest BCUT2D eigenvalue weighted by Crippen LogP contribution is 2.22. The van der Waals surface area contributed by atoms with Gasteiger partial charge in [0.15, 0.2) is 0 Å². The summed E-state index contributed by atoms with van der Waals surface area (Å²) in [6, 6.07) is -9.38. The monoisotopic (exact) mass is 1270 g/mol. The minimum absolute atomic E-state index is 0.0115. The van der Waals surface area contributed by atoms with Crippen molar-refractivity contribution in [3.05, 3.63) is 48.0 Å². The van der Waals surface area contributed by atoms with Gasteiger partial charge in [-0.15, -0.1) is 0 Å². The molecule has 3 rings (SSSR count). The number of imidazole rings is 1. The number of rotatable bonds is 38. The zero-order valence-corrected chi connectivity index (χ0v) is 50.6. The minimum atomic E-state index is -1.79. The molecule has 1 saturated heterocycles. The number of primary amides is 1. The molecule has 1 aromatic heterocycles. The summed E-state index contributed by atoms with van der Waals surface area (Å²) in [7, 11) is 0. The summed E-state index contributed by atoms with van der Waals surface area (Å²) in [5.74, 6) is -17.1. The molecule has 90 heavy (non-hydrogen) atoms. The Bertz CT molecular complexity index is 2890. The number of aliphatic hydroxyl groups excluding tert-OH is 2. The van der Waals surface area contributed by atoms with Crippen LogP contribution in [0, 0.1) is 11.8 Å². The molecule has 0 radical (unpaired) electrons. The molecule has 1 unspecified atom stereocenters. The Labute approximate surface area is 516 Å². The lowest BCUT2D eigenvalue weighted by Gasteiger charge is -2.33. The van der Waals surface area contributed by atoms with Crippen LogP contribution in [0.15, 0.2) is 36.8 Å². The number of H-pyrrole nitrogens is 1. The zero-order valence-electron chi connectivity index (χ0n) is 50.6. The van der Waals surface area contributed by atoms with Crippen molar-refractivity contribution in [2.45, 2.75) is 166 Å². The number of ketones is 1. The fourth-order valence-corrected chi connectivity index (χ4v) is 9.22. The second-order valence-corrected chi connectivity index (χ2v) is 21.9. The predicted molar refractivity (Wildman–Crippen MR) is 312 cm³/mol. The number of aromatic hydroxyl groups is 1. The van der Waals surface area contributed by atoms with E-state index in [1.807, 2.05) is 0 Å². The van der Waals surface area contributed by atoms with Gasteiger partial charge in [0.25, 0.3) is 5.91 Å². The number of phenolic OH excluding ortho intramolecular Hbond substituents is 1. The van der Waals surface area contributed by atoms with Crippen LogP contribution in [-0.2, 0) is 84.8 Å². The van der Waals surface area contributed by atoms with Gasteiger partial charge in [-0.3, -0.25) is 71.9 Å². The van der Waals surface area contributed by atoms with Crippen LogP contribution in [-0.4, -0.2) is 216 Å². The lowest BCUT2D eigenvalue weighted by Crippen LogP contribution is -2.61. The Balaban J connectivity index is 1.71. The third kappa shape index (κ3) is 24.2. The number of carbonyl (C=O) groups is 15. The molecule has 34 nitrogen and oxygen atoms in total. The number of carboxylic acids is 2. The van der Waals surface area contributed by atoms with Crippen molar-refractivity contribution in [3.8, 4) is 5.75 Å². The first kappa shape index (κ1) is 74.7. The van der Waals surface area contributed by atoms with Gasteiger partial charge in [-0.1, -0.05) is 53.2 Å². The van der Waals surface area contributed by atoms with Crippen LogP contribution in [0.2, 0.25) is 0 Å². The SMILES string of the molecule is CCC[C@H](NC(=O)C1CCCN1C(=O)[C@@H](NC(=O)[C@@H](NC(=O)[C@H](CCC(=O)O)NC(=O)[C@H](CCC(=O)O)NC(C)=O)C(C)C)C(C)C)C(=O)C(=O)NCC(=O)N[C@H](CO)C(=O)N[C@H](Cc1cnc[nH]1)C(=O)N[C@@H](Cc1ccc(O)cc1)C(=O)N[C@@H](CO)C(N)=O. The molecule has 0 saturated carbocycles. The Hall–Kier alpha value is -9.60. The third-order valence-corrected chi connectivity index (χ3v) is 14.1. The average molecular weight is 1270 g/mol. The van der Waals surface area contributed by atoms with Crippen molar-refractivity contribution < 1.29 is 97.5 Å². The Morgan fingerprint density at radius 3 is 1.64 bits per heavy atom. The maximum atomic E-state index is 14.3. The number of aliphatic hydroxyl groups is 2. The number of benzene rings is 1. The van der Waals surface area contributed by atoms with Crippen molar-refractivity contribution in [1.82, 2.24) is 68.0 Å². The molecule has 496 valence electrons. The van der Waals surface area contributed by atoms with Crippen LogP contribution in [0.25, 0.3) is 0 Å². The van der Waals surface area contributed by atoms with Crippen LogP contribution in [0.1, 0.15) is 104 Å². The number of carboxylic acid groups (broad SMARTS) is 2. The van der Waals surface area contributed by atoms with E-state index in [1.165, 1.54) is 41.7 Å². The van der Waals surface area contributed by atoms with E-state index in [1.54, 1.807) is 34.6 Å². The van der Waals surface area contributed by atoms with E-state index in [-0.39, 0.29) is 57.2 Å². The van der Waals surface area contributed by atoms with E-state index < -0.39 is 200 Å². The summed E-state index contributed by atoms with van der Waals surface area (Å²) in [5, 5.41) is 71.8. The highest BCUT2D eigenvalue weighted by Gasteiger charge is 2.42. The first-order valence-electron chi connectivity index (χ1n) is 28.9. The summed E-state index contributed by atoms with van der Waals surface area (Å²) in [4.78, 5) is 205. The van der Waals surface area contributed by atoms with E-state index in [2.05, 4.69) is 63.1 Å². The van der Waals surface area contributed by atoms with Crippen LogP contribution in [0.4, 0.5) is 0 Å². The molecular formula is C56H82N14O20. The van der Waals surface area contributed by atoms with Crippen molar-refractivity contribution in [2.75, 3.05) is 26.3 Å². The minimum Gasteiger partial charge on any atom is -0.508 e. The topological polar surface area (TPSA) is 535 Å². The molecular weight excluding hydrogens is 1190 g/mol. The second-order valence-electron chi connectivity index (χ2n) is 21.9. The van der Waals surface area contributed by atoms with E-state index >= 15 is 0 Å². The number of nitrogens with zero attached hydrogens (tertiary/aromatic N) is 2. The van der Waals surface area contributed by atoms with E-state index in [4.69, 9.17) is 10.8 Å².